The Labute approximate surface area is 138 Å². The van der Waals surface area contributed by atoms with Crippen LogP contribution in [-0.4, -0.2) is 32.3 Å². The maximum atomic E-state index is 12.2. The highest BCUT2D eigenvalue weighted by molar-refractivity contribution is 5.82. The molecule has 1 N–H and O–H groups in total. The monoisotopic (exact) mass is 317 g/mol. The quantitative estimate of drug-likeness (QED) is 0.820. The van der Waals surface area contributed by atoms with Gasteiger partial charge in [0.2, 0.25) is 5.91 Å². The van der Waals surface area contributed by atoms with Gasteiger partial charge in [0, 0.05) is 19.1 Å². The van der Waals surface area contributed by atoms with Crippen LogP contribution in [0.2, 0.25) is 0 Å². The Morgan fingerprint density at radius 2 is 2.00 bits per heavy atom. The number of carbonyl (C=O) groups excluding carboxylic acids is 1. The van der Waals surface area contributed by atoms with Gasteiger partial charge in [-0.15, -0.1) is 0 Å². The molecule has 0 unspecified atom stereocenters. The van der Waals surface area contributed by atoms with E-state index in [1.54, 1.807) is 0 Å². The molecule has 126 valence electrons. The summed E-state index contributed by atoms with van der Waals surface area (Å²) in [4.78, 5) is 12.2. The fourth-order valence-corrected chi connectivity index (χ4v) is 3.46. The molecule has 1 aromatic carbocycles. The zero-order valence-corrected chi connectivity index (χ0v) is 14.1. The van der Waals surface area contributed by atoms with Gasteiger partial charge in [-0.1, -0.05) is 26.0 Å². The third-order valence-corrected chi connectivity index (χ3v) is 5.21. The van der Waals surface area contributed by atoms with Crippen molar-refractivity contribution >= 4 is 5.91 Å². The van der Waals surface area contributed by atoms with Crippen molar-refractivity contribution in [2.24, 2.45) is 11.3 Å². The molecule has 0 aromatic heterocycles. The molecule has 1 amide bonds. The molecule has 1 aliphatic carbocycles. The minimum atomic E-state index is 0.186. The largest absolute Gasteiger partial charge is 0.492 e. The van der Waals surface area contributed by atoms with E-state index in [1.165, 1.54) is 5.56 Å². The van der Waals surface area contributed by atoms with Gasteiger partial charge in [-0.2, -0.15) is 0 Å². The van der Waals surface area contributed by atoms with Crippen LogP contribution in [0.4, 0.5) is 0 Å². The van der Waals surface area contributed by atoms with Crippen LogP contribution in [0.5, 0.6) is 5.75 Å². The normalized spacial score (nSPS) is 22.1. The van der Waals surface area contributed by atoms with Crippen LogP contribution >= 0.6 is 0 Å². The first-order valence-corrected chi connectivity index (χ1v) is 8.69. The van der Waals surface area contributed by atoms with E-state index in [0.29, 0.717) is 19.1 Å². The summed E-state index contributed by atoms with van der Waals surface area (Å²) in [6.45, 7) is 7.03. The van der Waals surface area contributed by atoms with Gasteiger partial charge in [0.25, 0.3) is 0 Å². The number of rotatable bonds is 6. The van der Waals surface area contributed by atoms with Gasteiger partial charge >= 0.3 is 0 Å². The predicted molar refractivity (Wildman–Crippen MR) is 89.6 cm³/mol. The molecule has 1 aliphatic heterocycles. The minimum absolute atomic E-state index is 0.186. The summed E-state index contributed by atoms with van der Waals surface area (Å²) < 4.78 is 11.1. The topological polar surface area (TPSA) is 47.6 Å². The molecule has 0 radical (unpaired) electrons. The molecule has 1 spiro atoms. The molecular weight excluding hydrogens is 290 g/mol. The average molecular weight is 317 g/mol. The molecule has 1 heterocycles. The van der Waals surface area contributed by atoms with Crippen molar-refractivity contribution in [1.82, 2.24) is 5.32 Å². The van der Waals surface area contributed by atoms with Crippen molar-refractivity contribution in [3.05, 3.63) is 29.8 Å². The van der Waals surface area contributed by atoms with E-state index in [4.69, 9.17) is 9.47 Å². The smallest absolute Gasteiger partial charge is 0.223 e. The van der Waals surface area contributed by atoms with Crippen molar-refractivity contribution < 1.29 is 14.3 Å². The van der Waals surface area contributed by atoms with E-state index in [9.17, 15) is 4.79 Å². The SMILES string of the molecule is CC(C)c1ccc(OCCNC(=O)[C@@H]2CC23CCOCC3)cc1. The number of amides is 1. The van der Waals surface area contributed by atoms with Crippen LogP contribution in [0.3, 0.4) is 0 Å². The molecule has 0 bridgehead atoms. The summed E-state index contributed by atoms with van der Waals surface area (Å²) in [5.41, 5.74) is 1.55. The highest BCUT2D eigenvalue weighted by atomic mass is 16.5. The van der Waals surface area contributed by atoms with Crippen molar-refractivity contribution in [2.45, 2.75) is 39.0 Å². The summed E-state index contributed by atoms with van der Waals surface area (Å²) in [6, 6.07) is 8.18. The van der Waals surface area contributed by atoms with Crippen LogP contribution in [0.25, 0.3) is 0 Å². The third kappa shape index (κ3) is 3.86. The van der Waals surface area contributed by atoms with Gasteiger partial charge in [-0.3, -0.25) is 4.79 Å². The fraction of sp³-hybridized carbons (Fsp3) is 0.632. The van der Waals surface area contributed by atoms with E-state index in [1.807, 2.05) is 12.1 Å². The molecular formula is C19H27NO3. The minimum Gasteiger partial charge on any atom is -0.492 e. The van der Waals surface area contributed by atoms with Crippen LogP contribution in [-0.2, 0) is 9.53 Å². The first kappa shape index (κ1) is 16.3. The van der Waals surface area contributed by atoms with E-state index in [0.717, 1.165) is 38.2 Å². The number of benzene rings is 1. The lowest BCUT2D eigenvalue weighted by atomic mass is 9.93. The summed E-state index contributed by atoms with van der Waals surface area (Å²) in [7, 11) is 0. The molecule has 4 nitrogen and oxygen atoms in total. The van der Waals surface area contributed by atoms with Crippen LogP contribution in [0, 0.1) is 11.3 Å². The lowest BCUT2D eigenvalue weighted by molar-refractivity contribution is -0.123. The Bertz CT molecular complexity index is 532. The highest BCUT2D eigenvalue weighted by Gasteiger charge is 2.57. The van der Waals surface area contributed by atoms with Gasteiger partial charge in [-0.25, -0.2) is 0 Å². The summed E-state index contributed by atoms with van der Waals surface area (Å²) >= 11 is 0. The maximum absolute atomic E-state index is 12.2. The van der Waals surface area contributed by atoms with Gasteiger partial charge in [0.15, 0.2) is 0 Å². The van der Waals surface area contributed by atoms with Gasteiger partial charge in [0.1, 0.15) is 12.4 Å². The number of ether oxygens (including phenoxy) is 2. The third-order valence-electron chi connectivity index (χ3n) is 5.21. The number of nitrogens with one attached hydrogen (secondary N) is 1. The van der Waals surface area contributed by atoms with Crippen molar-refractivity contribution in [3.8, 4) is 5.75 Å². The second-order valence-electron chi connectivity index (χ2n) is 7.09. The standard InChI is InChI=1S/C19H27NO3/c1-14(2)15-3-5-16(6-4-15)23-12-9-20-18(21)17-13-19(17)7-10-22-11-8-19/h3-6,14,17H,7-13H2,1-2H3,(H,20,21)/t17-/m0/s1. The first-order valence-electron chi connectivity index (χ1n) is 8.69. The zero-order chi connectivity index (χ0) is 16.3. The van der Waals surface area contributed by atoms with Gasteiger partial charge in [-0.05, 0) is 48.3 Å². The molecule has 1 aromatic rings. The predicted octanol–water partition coefficient (Wildman–Crippen LogP) is 3.12. The second-order valence-corrected chi connectivity index (χ2v) is 7.09. The van der Waals surface area contributed by atoms with Crippen LogP contribution < -0.4 is 10.1 Å². The second kappa shape index (κ2) is 6.91. The van der Waals surface area contributed by atoms with Crippen molar-refractivity contribution in [1.29, 1.82) is 0 Å². The lowest BCUT2D eigenvalue weighted by Gasteiger charge is -2.22. The molecule has 3 rings (SSSR count). The zero-order valence-electron chi connectivity index (χ0n) is 14.1. The van der Waals surface area contributed by atoms with Crippen LogP contribution in [0.15, 0.2) is 24.3 Å². The number of hydrogen-bond acceptors (Lipinski definition) is 3. The fourth-order valence-electron chi connectivity index (χ4n) is 3.46. The summed E-state index contributed by atoms with van der Waals surface area (Å²) in [6.07, 6.45) is 3.09. The van der Waals surface area contributed by atoms with Crippen LogP contribution in [0.1, 0.15) is 44.6 Å². The lowest BCUT2D eigenvalue weighted by Crippen LogP contribution is -2.32. The molecule has 4 heteroatoms. The summed E-state index contributed by atoms with van der Waals surface area (Å²) in [5.74, 6) is 1.76. The van der Waals surface area contributed by atoms with Gasteiger partial charge in [0.05, 0.1) is 6.54 Å². The average Bonchev–Trinajstić information content (AvgIpc) is 3.25. The molecule has 2 aliphatic rings. The Balaban J connectivity index is 1.36. The number of hydrogen-bond donors (Lipinski definition) is 1. The Morgan fingerprint density at radius 1 is 1.30 bits per heavy atom. The molecule has 1 saturated heterocycles. The maximum Gasteiger partial charge on any atom is 0.223 e. The van der Waals surface area contributed by atoms with E-state index in [-0.39, 0.29) is 17.2 Å². The molecule has 1 atom stereocenters. The Morgan fingerprint density at radius 3 is 2.65 bits per heavy atom. The first-order chi connectivity index (χ1) is 11.1. The number of carbonyl (C=O) groups is 1. The molecule has 2 fully saturated rings. The molecule has 1 saturated carbocycles. The Hall–Kier alpha value is -1.55. The van der Waals surface area contributed by atoms with Crippen molar-refractivity contribution in [2.75, 3.05) is 26.4 Å². The van der Waals surface area contributed by atoms with Crippen molar-refractivity contribution in [3.63, 3.8) is 0 Å². The van der Waals surface area contributed by atoms with Gasteiger partial charge < -0.3 is 14.8 Å². The van der Waals surface area contributed by atoms with E-state index in [2.05, 4.69) is 31.3 Å². The highest BCUT2D eigenvalue weighted by Crippen LogP contribution is 2.59. The Kier molecular flexibility index (Phi) is 4.90. The van der Waals surface area contributed by atoms with E-state index < -0.39 is 0 Å². The van der Waals surface area contributed by atoms with E-state index >= 15 is 0 Å². The summed E-state index contributed by atoms with van der Waals surface area (Å²) in [5, 5.41) is 3.01. The molecule has 23 heavy (non-hydrogen) atoms.